The molecular formula is C15H24Cl2N2O. The Morgan fingerprint density at radius 2 is 1.80 bits per heavy atom. The van der Waals surface area contributed by atoms with Gasteiger partial charge in [0.2, 0.25) is 0 Å². The third kappa shape index (κ3) is 5.88. The first-order valence-electron chi connectivity index (χ1n) is 6.92. The van der Waals surface area contributed by atoms with Gasteiger partial charge in [0.15, 0.2) is 5.75 Å². The van der Waals surface area contributed by atoms with E-state index in [1.807, 2.05) is 0 Å². The number of likely N-dealkylation sites (N-methyl/N-ethyl adjacent to an activating group) is 1. The van der Waals surface area contributed by atoms with Crippen molar-refractivity contribution in [1.29, 1.82) is 0 Å². The van der Waals surface area contributed by atoms with Crippen LogP contribution in [-0.4, -0.2) is 37.7 Å². The Labute approximate surface area is 132 Å². The lowest BCUT2D eigenvalue weighted by Gasteiger charge is -2.21. The zero-order chi connectivity index (χ0) is 15.1. The van der Waals surface area contributed by atoms with Crippen molar-refractivity contribution in [2.75, 3.05) is 26.7 Å². The molecule has 0 aliphatic carbocycles. The standard InChI is InChI=1S/C15H24Cl2N2O/c1-11(2)14(18)7-8-19(3)9-10-20-15-12(16)5-4-6-13(15)17/h4-6,11,14H,7-10,18H2,1-3H3. The van der Waals surface area contributed by atoms with Gasteiger partial charge >= 0.3 is 0 Å². The van der Waals surface area contributed by atoms with E-state index < -0.39 is 0 Å². The van der Waals surface area contributed by atoms with Crippen LogP contribution in [0.4, 0.5) is 0 Å². The maximum atomic E-state index is 6.04. The molecule has 0 saturated heterocycles. The first-order valence-corrected chi connectivity index (χ1v) is 7.68. The Bertz CT molecular complexity index is 393. The van der Waals surface area contributed by atoms with E-state index in [2.05, 4.69) is 25.8 Å². The largest absolute Gasteiger partial charge is 0.489 e. The highest BCUT2D eigenvalue weighted by Gasteiger charge is 2.10. The van der Waals surface area contributed by atoms with Crippen molar-refractivity contribution in [1.82, 2.24) is 4.90 Å². The topological polar surface area (TPSA) is 38.5 Å². The highest BCUT2D eigenvalue weighted by Crippen LogP contribution is 2.32. The average molecular weight is 319 g/mol. The van der Waals surface area contributed by atoms with E-state index in [1.54, 1.807) is 18.2 Å². The lowest BCUT2D eigenvalue weighted by molar-refractivity contribution is 0.229. The van der Waals surface area contributed by atoms with Crippen LogP contribution < -0.4 is 10.5 Å². The van der Waals surface area contributed by atoms with Crippen molar-refractivity contribution >= 4 is 23.2 Å². The van der Waals surface area contributed by atoms with E-state index in [0.29, 0.717) is 28.3 Å². The second kappa shape index (κ2) is 8.73. The van der Waals surface area contributed by atoms with Gasteiger partial charge in [-0.2, -0.15) is 0 Å². The summed E-state index contributed by atoms with van der Waals surface area (Å²) < 4.78 is 5.66. The van der Waals surface area contributed by atoms with E-state index in [9.17, 15) is 0 Å². The van der Waals surface area contributed by atoms with E-state index in [4.69, 9.17) is 33.7 Å². The summed E-state index contributed by atoms with van der Waals surface area (Å²) in [6.07, 6.45) is 0.987. The number of benzene rings is 1. The van der Waals surface area contributed by atoms with Gasteiger partial charge in [0.25, 0.3) is 0 Å². The average Bonchev–Trinajstić information content (AvgIpc) is 2.39. The summed E-state index contributed by atoms with van der Waals surface area (Å²) in [6.45, 7) is 6.61. The van der Waals surface area contributed by atoms with Gasteiger partial charge in [-0.1, -0.05) is 43.1 Å². The third-order valence-electron chi connectivity index (χ3n) is 3.34. The second-order valence-corrected chi connectivity index (χ2v) is 6.21. The Hall–Kier alpha value is -0.480. The third-order valence-corrected chi connectivity index (χ3v) is 3.93. The highest BCUT2D eigenvalue weighted by molar-refractivity contribution is 6.37. The maximum Gasteiger partial charge on any atom is 0.156 e. The van der Waals surface area contributed by atoms with E-state index >= 15 is 0 Å². The Kier molecular flexibility index (Phi) is 7.67. The molecule has 0 saturated carbocycles. The maximum absolute atomic E-state index is 6.04. The second-order valence-electron chi connectivity index (χ2n) is 5.40. The molecular weight excluding hydrogens is 295 g/mol. The molecule has 1 atom stereocenters. The van der Waals surface area contributed by atoms with Crippen molar-refractivity contribution in [3.63, 3.8) is 0 Å². The molecule has 1 rings (SSSR count). The molecule has 0 fully saturated rings. The number of halogens is 2. The van der Waals surface area contributed by atoms with Crippen molar-refractivity contribution in [2.45, 2.75) is 26.3 Å². The van der Waals surface area contributed by atoms with Crippen LogP contribution in [0.1, 0.15) is 20.3 Å². The molecule has 0 bridgehead atoms. The molecule has 0 amide bonds. The SMILES string of the molecule is CC(C)C(N)CCN(C)CCOc1c(Cl)cccc1Cl. The van der Waals surface area contributed by atoms with Gasteiger partial charge in [-0.05, 0) is 38.1 Å². The van der Waals surface area contributed by atoms with Gasteiger partial charge in [-0.3, -0.25) is 0 Å². The number of hydrogen-bond donors (Lipinski definition) is 1. The zero-order valence-electron chi connectivity index (χ0n) is 12.4. The summed E-state index contributed by atoms with van der Waals surface area (Å²) in [5.74, 6) is 1.07. The molecule has 1 unspecified atom stereocenters. The smallest absolute Gasteiger partial charge is 0.156 e. The molecule has 1 aromatic carbocycles. The van der Waals surface area contributed by atoms with E-state index in [-0.39, 0.29) is 6.04 Å². The predicted molar refractivity (Wildman–Crippen MR) is 86.9 cm³/mol. The van der Waals surface area contributed by atoms with Gasteiger partial charge in [0.05, 0.1) is 10.0 Å². The summed E-state index contributed by atoms with van der Waals surface area (Å²) in [4.78, 5) is 2.20. The van der Waals surface area contributed by atoms with Crippen molar-refractivity contribution in [3.8, 4) is 5.75 Å². The summed E-state index contributed by atoms with van der Waals surface area (Å²) in [7, 11) is 2.06. The van der Waals surface area contributed by atoms with Crippen LogP contribution in [0.25, 0.3) is 0 Å². The molecule has 0 heterocycles. The van der Waals surface area contributed by atoms with E-state index in [0.717, 1.165) is 19.5 Å². The fraction of sp³-hybridized carbons (Fsp3) is 0.600. The van der Waals surface area contributed by atoms with Crippen LogP contribution in [0.3, 0.4) is 0 Å². The van der Waals surface area contributed by atoms with E-state index in [1.165, 1.54) is 0 Å². The van der Waals surface area contributed by atoms with Crippen LogP contribution in [0.5, 0.6) is 5.75 Å². The molecule has 20 heavy (non-hydrogen) atoms. The minimum absolute atomic E-state index is 0.247. The molecule has 2 N–H and O–H groups in total. The van der Waals surface area contributed by atoms with Crippen LogP contribution in [0, 0.1) is 5.92 Å². The minimum atomic E-state index is 0.247. The minimum Gasteiger partial charge on any atom is -0.489 e. The molecule has 0 aliphatic rings. The van der Waals surface area contributed by atoms with Crippen molar-refractivity contribution < 1.29 is 4.74 Å². The first-order chi connectivity index (χ1) is 9.41. The molecule has 0 spiro atoms. The molecule has 5 heteroatoms. The zero-order valence-corrected chi connectivity index (χ0v) is 13.9. The summed E-state index contributed by atoms with van der Waals surface area (Å²) in [5, 5.41) is 1.09. The van der Waals surface area contributed by atoms with Crippen LogP contribution in [0.15, 0.2) is 18.2 Å². The van der Waals surface area contributed by atoms with Crippen molar-refractivity contribution in [3.05, 3.63) is 28.2 Å². The number of para-hydroxylation sites is 1. The van der Waals surface area contributed by atoms with Crippen LogP contribution in [0.2, 0.25) is 10.0 Å². The number of hydrogen-bond acceptors (Lipinski definition) is 3. The normalized spacial score (nSPS) is 13.0. The van der Waals surface area contributed by atoms with Crippen LogP contribution >= 0.6 is 23.2 Å². The Balaban J connectivity index is 2.30. The number of ether oxygens (including phenoxy) is 1. The predicted octanol–water partition coefficient (Wildman–Crippen LogP) is 3.68. The molecule has 114 valence electrons. The molecule has 0 aliphatic heterocycles. The van der Waals surface area contributed by atoms with Crippen molar-refractivity contribution in [2.24, 2.45) is 11.7 Å². The first kappa shape index (κ1) is 17.6. The fourth-order valence-electron chi connectivity index (χ4n) is 1.74. The number of nitrogens with two attached hydrogens (primary N) is 1. The van der Waals surface area contributed by atoms with Gasteiger partial charge in [-0.25, -0.2) is 0 Å². The summed E-state index contributed by atoms with van der Waals surface area (Å²) in [5.41, 5.74) is 6.03. The number of nitrogens with zero attached hydrogens (tertiary/aromatic N) is 1. The lowest BCUT2D eigenvalue weighted by Crippen LogP contribution is -2.33. The monoisotopic (exact) mass is 318 g/mol. The van der Waals surface area contributed by atoms with Gasteiger partial charge in [0.1, 0.15) is 6.61 Å². The Morgan fingerprint density at radius 1 is 1.20 bits per heavy atom. The quantitative estimate of drug-likeness (QED) is 0.794. The van der Waals surface area contributed by atoms with Gasteiger partial charge < -0.3 is 15.4 Å². The fourth-order valence-corrected chi connectivity index (χ4v) is 2.25. The summed E-state index contributed by atoms with van der Waals surface area (Å²) >= 11 is 12.1. The molecule has 0 radical (unpaired) electrons. The molecule has 1 aromatic rings. The van der Waals surface area contributed by atoms with Gasteiger partial charge in [-0.15, -0.1) is 0 Å². The number of rotatable bonds is 8. The lowest BCUT2D eigenvalue weighted by atomic mass is 10.0. The highest BCUT2D eigenvalue weighted by atomic mass is 35.5. The Morgan fingerprint density at radius 3 is 2.35 bits per heavy atom. The summed E-state index contributed by atoms with van der Waals surface area (Å²) in [6, 6.07) is 5.59. The molecule has 0 aromatic heterocycles. The van der Waals surface area contributed by atoms with Crippen LogP contribution in [-0.2, 0) is 0 Å². The van der Waals surface area contributed by atoms with Gasteiger partial charge in [0, 0.05) is 12.6 Å². The molecule has 3 nitrogen and oxygen atoms in total.